The molecule has 0 amide bonds. The summed E-state index contributed by atoms with van der Waals surface area (Å²) in [5.41, 5.74) is 5.15. The minimum atomic E-state index is -0.339. The lowest BCUT2D eigenvalue weighted by Gasteiger charge is -2.18. The molecule has 0 aliphatic heterocycles. The van der Waals surface area contributed by atoms with Crippen LogP contribution in [-0.2, 0) is 16.5 Å². The maximum absolute atomic E-state index is 12.1. The molecule has 2 nitrogen and oxygen atoms in total. The highest BCUT2D eigenvalue weighted by molar-refractivity contribution is 9.08. The zero-order chi connectivity index (χ0) is 20.2. The molecule has 0 saturated heterocycles. The number of hydrogen-bond acceptors (Lipinski definition) is 2. The van der Waals surface area contributed by atoms with Crippen LogP contribution in [0.2, 0.25) is 0 Å². The number of hydrogen-bond donors (Lipinski definition) is 0. The quantitative estimate of drug-likeness (QED) is 0.104. The average molecular weight is 437 g/mol. The number of alkyl halides is 1. The molecule has 0 aliphatic rings. The Labute approximate surface area is 174 Å². The first-order valence-corrected chi connectivity index (χ1v) is 11.6. The molecule has 0 heterocycles. The largest absolute Gasteiger partial charge is 0.423 e. The van der Waals surface area contributed by atoms with Crippen molar-refractivity contribution in [1.29, 1.82) is 0 Å². The molecule has 0 unspecified atom stereocenters. The molecule has 3 heteroatoms. The van der Waals surface area contributed by atoms with Gasteiger partial charge in [-0.05, 0) is 50.3 Å². The van der Waals surface area contributed by atoms with E-state index in [2.05, 4.69) is 49.3 Å². The highest BCUT2D eigenvalue weighted by atomic mass is 79.9. The molecule has 1 aromatic carbocycles. The van der Waals surface area contributed by atoms with E-state index in [4.69, 9.17) is 4.74 Å². The van der Waals surface area contributed by atoms with Crippen molar-refractivity contribution in [1.82, 2.24) is 0 Å². The predicted molar refractivity (Wildman–Crippen MR) is 120 cm³/mol. The Morgan fingerprint density at radius 3 is 2.11 bits per heavy atom. The van der Waals surface area contributed by atoms with Gasteiger partial charge in [0.15, 0.2) is 0 Å². The molecule has 152 valence electrons. The average Bonchev–Trinajstić information content (AvgIpc) is 2.64. The highest BCUT2D eigenvalue weighted by Gasteiger charge is 2.18. The van der Waals surface area contributed by atoms with Crippen LogP contribution in [0.25, 0.3) is 0 Å². The third kappa shape index (κ3) is 8.21. The van der Waals surface area contributed by atoms with Gasteiger partial charge in [-0.3, -0.25) is 0 Å². The van der Waals surface area contributed by atoms with Crippen molar-refractivity contribution >= 4 is 21.9 Å². The lowest BCUT2D eigenvalue weighted by atomic mass is 9.94. The van der Waals surface area contributed by atoms with E-state index in [9.17, 15) is 4.79 Å². The Balaban J connectivity index is 2.68. The zero-order valence-corrected chi connectivity index (χ0v) is 19.3. The van der Waals surface area contributed by atoms with Crippen LogP contribution < -0.4 is 4.74 Å². The number of unbranched alkanes of at least 4 members (excludes halogenated alkanes) is 8. The van der Waals surface area contributed by atoms with Crippen LogP contribution in [0.15, 0.2) is 18.2 Å². The number of rotatable bonds is 13. The summed E-state index contributed by atoms with van der Waals surface area (Å²) in [6, 6.07) is 2.12. The van der Waals surface area contributed by atoms with E-state index in [0.717, 1.165) is 24.2 Å². The molecule has 1 rings (SSSR count). The summed E-state index contributed by atoms with van der Waals surface area (Å²) in [5.74, 6) is 0.399. The smallest absolute Gasteiger partial charge is 0.338 e. The van der Waals surface area contributed by atoms with Crippen molar-refractivity contribution in [2.75, 3.05) is 0 Å². The summed E-state index contributed by atoms with van der Waals surface area (Å²) >= 11 is 3.54. The van der Waals surface area contributed by atoms with Gasteiger partial charge in [0.2, 0.25) is 0 Å². The molecule has 0 aliphatic carbocycles. The van der Waals surface area contributed by atoms with Crippen LogP contribution in [0.3, 0.4) is 0 Å². The Bertz CT molecular complexity index is 619. The molecule has 0 atom stereocenters. The summed E-state index contributed by atoms with van der Waals surface area (Å²) < 4.78 is 5.73. The third-order valence-corrected chi connectivity index (χ3v) is 5.82. The fourth-order valence-corrected chi connectivity index (χ4v) is 3.77. The number of ether oxygens (including phenoxy) is 1. The van der Waals surface area contributed by atoms with Crippen molar-refractivity contribution in [3.63, 3.8) is 0 Å². The second kappa shape index (κ2) is 13.1. The topological polar surface area (TPSA) is 26.3 Å². The Morgan fingerprint density at radius 1 is 1.04 bits per heavy atom. The number of carbonyl (C=O) groups excluding carboxylic acids is 1. The van der Waals surface area contributed by atoms with E-state index in [-0.39, 0.29) is 5.97 Å². The second-order valence-corrected chi connectivity index (χ2v) is 8.23. The normalized spacial score (nSPS) is 10.9. The first-order chi connectivity index (χ1) is 12.9. The van der Waals surface area contributed by atoms with Crippen molar-refractivity contribution in [2.45, 2.75) is 97.2 Å². The van der Waals surface area contributed by atoms with E-state index in [1.165, 1.54) is 68.1 Å². The third-order valence-electron chi connectivity index (χ3n) is 5.22. The molecular weight excluding hydrogens is 400 g/mol. The van der Waals surface area contributed by atoms with Crippen LogP contribution in [0.4, 0.5) is 0 Å². The first kappa shape index (κ1) is 23.9. The number of carbonyl (C=O) groups is 1. The Hall–Kier alpha value is -1.09. The standard InChI is InChI=1S/C24H37BrO2/c1-6-7-8-9-10-11-12-13-14-15-22-20(5)19(4)16-21(17-25)23(22)27-24(26)18(2)3/h16H,2,6-15,17H2,1,3-5H3. The lowest BCUT2D eigenvalue weighted by Crippen LogP contribution is -2.12. The summed E-state index contributed by atoms with van der Waals surface area (Å²) in [7, 11) is 0. The van der Waals surface area contributed by atoms with Crippen molar-refractivity contribution < 1.29 is 9.53 Å². The summed E-state index contributed by atoms with van der Waals surface area (Å²) in [5, 5.41) is 0.678. The summed E-state index contributed by atoms with van der Waals surface area (Å²) in [4.78, 5) is 12.1. The molecule has 27 heavy (non-hydrogen) atoms. The number of halogens is 1. The molecule has 0 bridgehead atoms. The number of benzene rings is 1. The SMILES string of the molecule is C=C(C)C(=O)Oc1c(CBr)cc(C)c(C)c1CCCCCCCCCCC. The van der Waals surface area contributed by atoms with Gasteiger partial charge in [0, 0.05) is 16.5 Å². The van der Waals surface area contributed by atoms with Gasteiger partial charge >= 0.3 is 5.97 Å². The van der Waals surface area contributed by atoms with Crippen molar-refractivity contribution in [2.24, 2.45) is 0 Å². The minimum Gasteiger partial charge on any atom is -0.423 e. The van der Waals surface area contributed by atoms with Crippen LogP contribution in [0.5, 0.6) is 5.75 Å². The first-order valence-electron chi connectivity index (χ1n) is 10.5. The molecule has 1 aromatic rings. The minimum absolute atomic E-state index is 0.339. The second-order valence-electron chi connectivity index (χ2n) is 7.67. The number of aryl methyl sites for hydroxylation is 1. The van der Waals surface area contributed by atoms with Gasteiger partial charge in [-0.2, -0.15) is 0 Å². The molecule has 0 N–H and O–H groups in total. The summed E-state index contributed by atoms with van der Waals surface area (Å²) in [6.07, 6.45) is 12.8. The van der Waals surface area contributed by atoms with Crippen LogP contribution in [0, 0.1) is 13.8 Å². The van der Waals surface area contributed by atoms with Gasteiger partial charge in [0.1, 0.15) is 5.75 Å². The lowest BCUT2D eigenvalue weighted by molar-refractivity contribution is -0.130. The van der Waals surface area contributed by atoms with Gasteiger partial charge in [-0.1, -0.05) is 86.9 Å². The van der Waals surface area contributed by atoms with Gasteiger partial charge in [-0.15, -0.1) is 0 Å². The molecule has 0 saturated carbocycles. The Morgan fingerprint density at radius 2 is 1.59 bits per heavy atom. The van der Waals surface area contributed by atoms with E-state index in [1.807, 2.05) is 0 Å². The zero-order valence-electron chi connectivity index (χ0n) is 17.8. The van der Waals surface area contributed by atoms with E-state index >= 15 is 0 Å². The number of esters is 1. The van der Waals surface area contributed by atoms with Gasteiger partial charge < -0.3 is 4.74 Å². The molecule has 0 radical (unpaired) electrons. The maximum atomic E-state index is 12.1. The van der Waals surface area contributed by atoms with Gasteiger partial charge in [0.05, 0.1) is 0 Å². The molecule has 0 aromatic heterocycles. The Kier molecular flexibility index (Phi) is 11.7. The van der Waals surface area contributed by atoms with Gasteiger partial charge in [0.25, 0.3) is 0 Å². The summed E-state index contributed by atoms with van der Waals surface area (Å²) in [6.45, 7) is 11.9. The van der Waals surface area contributed by atoms with Crippen molar-refractivity contribution in [3.8, 4) is 5.75 Å². The van der Waals surface area contributed by atoms with Crippen LogP contribution in [0.1, 0.15) is 93.9 Å². The monoisotopic (exact) mass is 436 g/mol. The van der Waals surface area contributed by atoms with E-state index < -0.39 is 0 Å². The van der Waals surface area contributed by atoms with E-state index in [1.54, 1.807) is 6.92 Å². The molecule has 0 spiro atoms. The van der Waals surface area contributed by atoms with Crippen molar-refractivity contribution in [3.05, 3.63) is 40.5 Å². The predicted octanol–water partition coefficient (Wildman–Crippen LogP) is 7.75. The van der Waals surface area contributed by atoms with Gasteiger partial charge in [-0.25, -0.2) is 4.79 Å². The van der Waals surface area contributed by atoms with Crippen LogP contribution >= 0.6 is 15.9 Å². The molecular formula is C24H37BrO2. The van der Waals surface area contributed by atoms with E-state index in [0.29, 0.717) is 10.9 Å². The van der Waals surface area contributed by atoms with Crippen LogP contribution in [-0.4, -0.2) is 5.97 Å². The maximum Gasteiger partial charge on any atom is 0.338 e. The molecule has 0 fully saturated rings. The fraction of sp³-hybridized carbons (Fsp3) is 0.625. The highest BCUT2D eigenvalue weighted by Crippen LogP contribution is 2.33. The fourth-order valence-electron chi connectivity index (χ4n) is 3.36.